The van der Waals surface area contributed by atoms with Gasteiger partial charge in [0.25, 0.3) is 14.2 Å². The van der Waals surface area contributed by atoms with E-state index in [1.165, 1.54) is 19.2 Å². The summed E-state index contributed by atoms with van der Waals surface area (Å²) in [5.41, 5.74) is 0.665. The molecule has 1 saturated heterocycles. The number of rotatable bonds is 7. The monoisotopic (exact) mass is 508 g/mol. The molecule has 0 unspecified atom stereocenters. The van der Waals surface area contributed by atoms with Crippen LogP contribution in [0.1, 0.15) is 27.2 Å². The zero-order valence-electron chi connectivity index (χ0n) is 20.6. The van der Waals surface area contributed by atoms with Gasteiger partial charge in [-0.2, -0.15) is 0 Å². The second-order valence-electron chi connectivity index (χ2n) is 9.75. The minimum absolute atomic E-state index is 0.0952. The highest BCUT2D eigenvalue weighted by molar-refractivity contribution is 7.89. The summed E-state index contributed by atoms with van der Waals surface area (Å²) in [5.74, 6) is -0.0952. The molecule has 3 aromatic rings. The van der Waals surface area contributed by atoms with Crippen LogP contribution in [-0.2, 0) is 19.2 Å². The minimum Gasteiger partial charge on any atom is -0.395 e. The van der Waals surface area contributed by atoms with Crippen LogP contribution >= 0.6 is 0 Å². The summed E-state index contributed by atoms with van der Waals surface area (Å²) in [6, 6.07) is 26.9. The van der Waals surface area contributed by atoms with E-state index in [2.05, 4.69) is 49.8 Å². The molecule has 1 aliphatic heterocycles. The topological polar surface area (TPSA) is 75.7 Å². The molecule has 0 aliphatic carbocycles. The summed E-state index contributed by atoms with van der Waals surface area (Å²) in [6.07, 6.45) is -0.0121. The summed E-state index contributed by atoms with van der Waals surface area (Å²) in [7, 11) is -5.02. The smallest absolute Gasteiger partial charge is 0.262 e. The first kappa shape index (κ1) is 25.3. The van der Waals surface area contributed by atoms with Gasteiger partial charge >= 0.3 is 0 Å². The Morgan fingerprint density at radius 3 is 1.86 bits per heavy atom. The first-order chi connectivity index (χ1) is 16.6. The van der Waals surface area contributed by atoms with Gasteiger partial charge in [-0.15, -0.1) is 0 Å². The van der Waals surface area contributed by atoms with Crippen LogP contribution in [0.15, 0.2) is 89.8 Å². The number of nitrogens with one attached hydrogen (secondary N) is 1. The average molecular weight is 509 g/mol. The summed E-state index contributed by atoms with van der Waals surface area (Å²) >= 11 is 0. The van der Waals surface area contributed by atoms with E-state index >= 15 is 0 Å². The highest BCUT2D eigenvalue weighted by Crippen LogP contribution is 2.39. The predicted molar refractivity (Wildman–Crippen MR) is 142 cm³/mol. The summed E-state index contributed by atoms with van der Waals surface area (Å²) < 4.78 is 33.5. The Labute approximate surface area is 209 Å². The van der Waals surface area contributed by atoms with Gasteiger partial charge in [0.1, 0.15) is 6.10 Å². The Morgan fingerprint density at radius 1 is 0.886 bits per heavy atom. The van der Waals surface area contributed by atoms with Crippen molar-refractivity contribution in [3.05, 3.63) is 84.9 Å². The second kappa shape index (κ2) is 9.70. The highest BCUT2D eigenvalue weighted by Gasteiger charge is 2.53. The van der Waals surface area contributed by atoms with Crippen molar-refractivity contribution in [1.82, 2.24) is 4.72 Å². The molecule has 8 heteroatoms. The molecule has 1 aliphatic rings. The second-order valence-corrected chi connectivity index (χ2v) is 15.9. The van der Waals surface area contributed by atoms with Gasteiger partial charge in [-0.1, -0.05) is 81.4 Å². The molecule has 0 saturated carbocycles. The Morgan fingerprint density at radius 2 is 1.40 bits per heavy atom. The van der Waals surface area contributed by atoms with Gasteiger partial charge in [-0.05, 0) is 53.1 Å². The molecule has 1 atom stereocenters. The van der Waals surface area contributed by atoms with Gasteiger partial charge in [0, 0.05) is 12.2 Å². The van der Waals surface area contributed by atoms with E-state index in [-0.39, 0.29) is 15.8 Å². The third-order valence-corrected chi connectivity index (χ3v) is 13.1. The van der Waals surface area contributed by atoms with Crippen LogP contribution in [0, 0.1) is 0 Å². The fourth-order valence-electron chi connectivity index (χ4n) is 4.85. The molecule has 1 fully saturated rings. The van der Waals surface area contributed by atoms with Crippen LogP contribution in [0.25, 0.3) is 0 Å². The molecule has 3 aromatic carbocycles. The summed E-state index contributed by atoms with van der Waals surface area (Å²) in [5, 5.41) is 2.03. The van der Waals surface area contributed by atoms with Gasteiger partial charge in [-0.25, -0.2) is 13.1 Å². The molecule has 1 heterocycles. The van der Waals surface area contributed by atoms with Crippen molar-refractivity contribution in [3.63, 3.8) is 0 Å². The quantitative estimate of drug-likeness (QED) is 0.497. The SMILES string of the molecule is CNS(=O)(=O)c1ccc(N2CC[C@H](O[Si](c3ccccc3)(c3ccccc3)C(C)(C)C)C2=O)cc1. The van der Waals surface area contributed by atoms with Gasteiger partial charge in [0.2, 0.25) is 10.0 Å². The first-order valence-corrected chi connectivity index (χ1v) is 15.1. The molecule has 4 rings (SSSR count). The van der Waals surface area contributed by atoms with Gasteiger partial charge < -0.3 is 9.33 Å². The fourth-order valence-corrected chi connectivity index (χ4v) is 10.2. The van der Waals surface area contributed by atoms with Gasteiger partial charge in [-0.3, -0.25) is 4.79 Å². The molecule has 0 radical (unpaired) electrons. The van der Waals surface area contributed by atoms with E-state index in [4.69, 9.17) is 4.43 Å². The van der Waals surface area contributed by atoms with Crippen molar-refractivity contribution in [3.8, 4) is 0 Å². The Balaban J connectivity index is 1.69. The van der Waals surface area contributed by atoms with Crippen molar-refractivity contribution < 1.29 is 17.6 Å². The Kier molecular flexibility index (Phi) is 7.01. The van der Waals surface area contributed by atoms with Crippen LogP contribution in [0.2, 0.25) is 5.04 Å². The first-order valence-electron chi connectivity index (χ1n) is 11.7. The van der Waals surface area contributed by atoms with E-state index in [0.29, 0.717) is 18.7 Å². The number of carbonyl (C=O) groups excluding carboxylic acids is 1. The van der Waals surface area contributed by atoms with Crippen molar-refractivity contribution >= 4 is 40.3 Å². The van der Waals surface area contributed by atoms with Crippen molar-refractivity contribution in [1.29, 1.82) is 0 Å². The van der Waals surface area contributed by atoms with Crippen LogP contribution in [0.3, 0.4) is 0 Å². The van der Waals surface area contributed by atoms with Crippen LogP contribution in [0.4, 0.5) is 5.69 Å². The van der Waals surface area contributed by atoms with E-state index in [9.17, 15) is 13.2 Å². The molecule has 0 bridgehead atoms. The Hall–Kier alpha value is -2.78. The van der Waals surface area contributed by atoms with Gasteiger partial charge in [0.05, 0.1) is 4.90 Å². The summed E-state index contributed by atoms with van der Waals surface area (Å²) in [6.45, 7) is 7.09. The number of sulfonamides is 1. The van der Waals surface area contributed by atoms with Crippen LogP contribution < -0.4 is 20.0 Å². The molecule has 0 aromatic heterocycles. The van der Waals surface area contributed by atoms with E-state index in [0.717, 1.165) is 10.4 Å². The third kappa shape index (κ3) is 4.71. The highest BCUT2D eigenvalue weighted by atomic mass is 32.2. The molecule has 35 heavy (non-hydrogen) atoms. The number of hydrogen-bond acceptors (Lipinski definition) is 4. The van der Waals surface area contributed by atoms with E-state index in [1.54, 1.807) is 17.0 Å². The van der Waals surface area contributed by atoms with E-state index in [1.807, 2.05) is 36.4 Å². The van der Waals surface area contributed by atoms with Crippen LogP contribution in [-0.4, -0.2) is 42.3 Å². The largest absolute Gasteiger partial charge is 0.395 e. The normalized spacial score (nSPS) is 17.1. The number of amides is 1. The maximum atomic E-state index is 13.6. The lowest BCUT2D eigenvalue weighted by Gasteiger charge is -2.44. The predicted octanol–water partition coefficient (Wildman–Crippen LogP) is 3.28. The lowest BCUT2D eigenvalue weighted by atomic mass is 10.2. The standard InChI is InChI=1S/C27H32N2O4SSi/c1-27(2,3)35(23-11-7-5-8-12-23,24-13-9-6-10-14-24)33-25-19-20-29(26(25)30)21-15-17-22(18-16-21)34(31,32)28-4/h5-18,25,28H,19-20H2,1-4H3/t25-/m0/s1. The molecule has 1 N–H and O–H groups in total. The lowest BCUT2D eigenvalue weighted by molar-refractivity contribution is -0.123. The molecular weight excluding hydrogens is 476 g/mol. The Bertz CT molecular complexity index is 1230. The van der Waals surface area contributed by atoms with Gasteiger partial charge in [0.15, 0.2) is 0 Å². The van der Waals surface area contributed by atoms with Crippen LogP contribution in [0.5, 0.6) is 0 Å². The average Bonchev–Trinajstić information content (AvgIpc) is 3.22. The van der Waals surface area contributed by atoms with Crippen molar-refractivity contribution in [2.75, 3.05) is 18.5 Å². The number of nitrogens with zero attached hydrogens (tertiary/aromatic N) is 1. The third-order valence-electron chi connectivity index (χ3n) is 6.62. The zero-order valence-corrected chi connectivity index (χ0v) is 22.4. The molecule has 0 spiro atoms. The zero-order chi connectivity index (χ0) is 25.3. The fraction of sp³-hybridized carbons (Fsp3) is 0.296. The van der Waals surface area contributed by atoms with Crippen molar-refractivity contribution in [2.45, 2.75) is 43.2 Å². The number of anilines is 1. The summed E-state index contributed by atoms with van der Waals surface area (Å²) in [4.78, 5) is 15.5. The van der Waals surface area contributed by atoms with Crippen molar-refractivity contribution in [2.24, 2.45) is 0 Å². The maximum Gasteiger partial charge on any atom is 0.262 e. The molecule has 6 nitrogen and oxygen atoms in total. The lowest BCUT2D eigenvalue weighted by Crippen LogP contribution is -2.68. The number of hydrogen-bond donors (Lipinski definition) is 1. The molecule has 184 valence electrons. The minimum atomic E-state index is -3.54. The number of benzene rings is 3. The number of carbonyl (C=O) groups is 1. The molecular formula is C27H32N2O4SSi. The maximum absolute atomic E-state index is 13.6. The van der Waals surface area contributed by atoms with E-state index < -0.39 is 24.4 Å². The molecule has 1 amide bonds.